The van der Waals surface area contributed by atoms with Gasteiger partial charge in [-0.1, -0.05) is 0 Å². The summed E-state index contributed by atoms with van der Waals surface area (Å²) in [4.78, 5) is 32.2. The molecule has 0 unspecified atom stereocenters. The van der Waals surface area contributed by atoms with Gasteiger partial charge >= 0.3 is 0 Å². The minimum absolute atomic E-state index is 0.00935. The van der Waals surface area contributed by atoms with Gasteiger partial charge in [0.1, 0.15) is 0 Å². The van der Waals surface area contributed by atoms with Gasteiger partial charge in [-0.3, -0.25) is 14.3 Å². The van der Waals surface area contributed by atoms with Crippen molar-refractivity contribution in [2.45, 2.75) is 38.3 Å². The molecule has 1 aliphatic rings. The minimum Gasteiger partial charge on any atom is -0.375 e. The van der Waals surface area contributed by atoms with Crippen molar-refractivity contribution in [2.75, 3.05) is 19.7 Å². The lowest BCUT2D eigenvalue weighted by molar-refractivity contribution is -0.139. The van der Waals surface area contributed by atoms with Crippen LogP contribution in [0.5, 0.6) is 0 Å². The van der Waals surface area contributed by atoms with E-state index in [1.165, 1.54) is 12.4 Å². The fraction of sp³-hybridized carbons (Fsp3) is 0.529. The zero-order valence-electron chi connectivity index (χ0n) is 14.1. The molecule has 0 radical (unpaired) electrons. The number of ether oxygens (including phenoxy) is 1. The van der Waals surface area contributed by atoms with Gasteiger partial charge in [0, 0.05) is 50.2 Å². The molecule has 134 valence electrons. The van der Waals surface area contributed by atoms with E-state index in [4.69, 9.17) is 4.74 Å². The molecule has 3 rings (SSSR count). The van der Waals surface area contributed by atoms with Crippen molar-refractivity contribution in [1.29, 1.82) is 0 Å². The molecule has 3 heterocycles. The van der Waals surface area contributed by atoms with Crippen LogP contribution in [0.2, 0.25) is 0 Å². The Kier molecular flexibility index (Phi) is 5.95. The van der Waals surface area contributed by atoms with Crippen LogP contribution >= 0.6 is 0 Å². The van der Waals surface area contributed by atoms with Gasteiger partial charge < -0.3 is 14.6 Å². The molecule has 0 spiro atoms. The number of carbonyl (C=O) groups is 1. The van der Waals surface area contributed by atoms with Crippen molar-refractivity contribution < 1.29 is 9.53 Å². The van der Waals surface area contributed by atoms with Crippen molar-refractivity contribution in [3.8, 4) is 0 Å². The van der Waals surface area contributed by atoms with Gasteiger partial charge in [-0.15, -0.1) is 0 Å². The number of carbonyl (C=O) groups excluding carboxylic acids is 1. The quantitative estimate of drug-likeness (QED) is 0.793. The number of rotatable bonds is 7. The molecular formula is C17H23N5O3. The number of aromatic nitrogens is 4. The summed E-state index contributed by atoms with van der Waals surface area (Å²) in [6, 6.07) is 3.38. The number of nitrogens with one attached hydrogen (secondary N) is 1. The van der Waals surface area contributed by atoms with Gasteiger partial charge in [0.15, 0.2) is 0 Å². The van der Waals surface area contributed by atoms with Gasteiger partial charge in [-0.2, -0.15) is 5.10 Å². The van der Waals surface area contributed by atoms with Crippen molar-refractivity contribution in [3.63, 3.8) is 0 Å². The number of hydrogen-bond acceptors (Lipinski definition) is 5. The number of hydrogen-bond donors (Lipinski definition) is 1. The summed E-state index contributed by atoms with van der Waals surface area (Å²) in [5, 5.41) is 4.14. The average molecular weight is 345 g/mol. The standard InChI is InChI=1S/C17H23N5O3/c23-16-11-14(18-13-19-16)4-5-15-12-21(9-10-25-15)17(24)3-1-7-22-8-2-6-20-22/h2,6,8,11,13,15H,1,3-5,7,9-10,12H2,(H,18,19,23)/t15-/m1/s1. The van der Waals surface area contributed by atoms with Crippen molar-refractivity contribution in [1.82, 2.24) is 24.6 Å². The maximum absolute atomic E-state index is 12.4. The first-order valence-electron chi connectivity index (χ1n) is 8.61. The third-order valence-electron chi connectivity index (χ3n) is 4.29. The van der Waals surface area contributed by atoms with Crippen molar-refractivity contribution >= 4 is 5.91 Å². The summed E-state index contributed by atoms with van der Waals surface area (Å²) in [5.74, 6) is 0.162. The minimum atomic E-state index is -0.149. The molecule has 2 aromatic heterocycles. The largest absolute Gasteiger partial charge is 0.375 e. The van der Waals surface area contributed by atoms with Crippen LogP contribution in [-0.4, -0.2) is 56.4 Å². The third kappa shape index (κ3) is 5.25. The molecule has 1 atom stereocenters. The van der Waals surface area contributed by atoms with E-state index in [-0.39, 0.29) is 17.6 Å². The summed E-state index contributed by atoms with van der Waals surface area (Å²) in [5.41, 5.74) is 0.596. The molecule has 8 nitrogen and oxygen atoms in total. The number of nitrogens with zero attached hydrogens (tertiary/aromatic N) is 4. The van der Waals surface area contributed by atoms with Gasteiger partial charge in [0.2, 0.25) is 5.91 Å². The van der Waals surface area contributed by atoms with Gasteiger partial charge in [0.05, 0.1) is 19.0 Å². The zero-order valence-corrected chi connectivity index (χ0v) is 14.1. The zero-order chi connectivity index (χ0) is 17.5. The van der Waals surface area contributed by atoms with Crippen LogP contribution < -0.4 is 5.56 Å². The molecule has 1 aliphatic heterocycles. The number of morpholine rings is 1. The first-order chi connectivity index (χ1) is 12.2. The molecule has 25 heavy (non-hydrogen) atoms. The Bertz CT molecular complexity index is 728. The number of amides is 1. The average Bonchev–Trinajstić information content (AvgIpc) is 3.14. The maximum Gasteiger partial charge on any atom is 0.250 e. The lowest BCUT2D eigenvalue weighted by Crippen LogP contribution is -2.45. The van der Waals surface area contributed by atoms with E-state index in [0.29, 0.717) is 32.5 Å². The highest BCUT2D eigenvalue weighted by molar-refractivity contribution is 5.76. The number of aromatic amines is 1. The first kappa shape index (κ1) is 17.3. The van der Waals surface area contributed by atoms with Crippen LogP contribution in [0.1, 0.15) is 25.0 Å². The Labute approximate surface area is 145 Å². The van der Waals surface area contributed by atoms with Crippen LogP contribution in [-0.2, 0) is 22.5 Å². The molecule has 1 saturated heterocycles. The molecule has 1 amide bonds. The van der Waals surface area contributed by atoms with Gasteiger partial charge in [-0.25, -0.2) is 4.98 Å². The lowest BCUT2D eigenvalue weighted by atomic mass is 10.1. The predicted octanol–water partition coefficient (Wildman–Crippen LogP) is 0.607. The van der Waals surface area contributed by atoms with E-state index in [1.807, 2.05) is 21.8 Å². The Morgan fingerprint density at radius 3 is 3.16 bits per heavy atom. The Balaban J connectivity index is 1.42. The molecule has 0 aliphatic carbocycles. The van der Waals surface area contributed by atoms with Crippen LogP contribution in [0.3, 0.4) is 0 Å². The molecular weight excluding hydrogens is 322 g/mol. The molecule has 8 heteroatoms. The van der Waals surface area contributed by atoms with E-state index >= 15 is 0 Å². The summed E-state index contributed by atoms with van der Waals surface area (Å²) >= 11 is 0. The summed E-state index contributed by atoms with van der Waals surface area (Å²) in [6.07, 6.45) is 7.74. The molecule has 0 aromatic carbocycles. The van der Waals surface area contributed by atoms with Gasteiger partial charge in [-0.05, 0) is 25.3 Å². The van der Waals surface area contributed by atoms with E-state index in [9.17, 15) is 9.59 Å². The molecule has 2 aromatic rings. The lowest BCUT2D eigenvalue weighted by Gasteiger charge is -2.33. The van der Waals surface area contributed by atoms with Crippen LogP contribution in [0.15, 0.2) is 35.6 Å². The molecule has 0 bridgehead atoms. The first-order valence-corrected chi connectivity index (χ1v) is 8.61. The smallest absolute Gasteiger partial charge is 0.250 e. The van der Waals surface area contributed by atoms with E-state index in [2.05, 4.69) is 15.1 Å². The maximum atomic E-state index is 12.4. The molecule has 1 fully saturated rings. The van der Waals surface area contributed by atoms with E-state index in [1.54, 1.807) is 6.20 Å². The normalized spacial score (nSPS) is 17.6. The second-order valence-corrected chi connectivity index (χ2v) is 6.15. The summed E-state index contributed by atoms with van der Waals surface area (Å²) in [7, 11) is 0. The van der Waals surface area contributed by atoms with Crippen LogP contribution in [0, 0.1) is 0 Å². The summed E-state index contributed by atoms with van der Waals surface area (Å²) in [6.45, 7) is 2.54. The Hall–Kier alpha value is -2.48. The third-order valence-corrected chi connectivity index (χ3v) is 4.29. The summed E-state index contributed by atoms with van der Waals surface area (Å²) < 4.78 is 7.59. The highest BCUT2D eigenvalue weighted by Gasteiger charge is 2.23. The monoisotopic (exact) mass is 345 g/mol. The number of H-pyrrole nitrogens is 1. The van der Waals surface area contributed by atoms with Crippen molar-refractivity contribution in [2.24, 2.45) is 0 Å². The Morgan fingerprint density at radius 2 is 2.36 bits per heavy atom. The van der Waals surface area contributed by atoms with E-state index in [0.717, 1.165) is 25.1 Å². The Morgan fingerprint density at radius 1 is 1.44 bits per heavy atom. The second-order valence-electron chi connectivity index (χ2n) is 6.15. The van der Waals surface area contributed by atoms with Crippen molar-refractivity contribution in [3.05, 3.63) is 46.9 Å². The topological polar surface area (TPSA) is 93.1 Å². The second kappa shape index (κ2) is 8.57. The van der Waals surface area contributed by atoms with Gasteiger partial charge in [0.25, 0.3) is 5.56 Å². The van der Waals surface area contributed by atoms with Crippen LogP contribution in [0.4, 0.5) is 0 Å². The highest BCUT2D eigenvalue weighted by Crippen LogP contribution is 2.13. The SMILES string of the molecule is O=C(CCCn1cccn1)N1CCO[C@H](CCc2cc(=O)[nH]cn2)C1. The fourth-order valence-corrected chi connectivity index (χ4v) is 2.96. The molecule has 0 saturated carbocycles. The van der Waals surface area contributed by atoms with E-state index < -0.39 is 0 Å². The van der Waals surface area contributed by atoms with Crippen LogP contribution in [0.25, 0.3) is 0 Å². The predicted molar refractivity (Wildman–Crippen MR) is 91.0 cm³/mol. The molecule has 1 N–H and O–H groups in total. The fourth-order valence-electron chi connectivity index (χ4n) is 2.96. The highest BCUT2D eigenvalue weighted by atomic mass is 16.5. The number of aryl methyl sites for hydroxylation is 2.